The van der Waals surface area contributed by atoms with E-state index >= 15 is 0 Å². The lowest BCUT2D eigenvalue weighted by Gasteiger charge is -2.23. The summed E-state index contributed by atoms with van der Waals surface area (Å²) in [4.78, 5) is 21.0. The molecule has 1 heterocycles. The summed E-state index contributed by atoms with van der Waals surface area (Å²) in [5, 5.41) is 0. The zero-order valence-corrected chi connectivity index (χ0v) is 14.8. The molecule has 1 atom stereocenters. The standard InChI is InChI=1S/C17H23N3O2S/c1-5-22-16(21)10-14(20-23-17(2,3)4)15-11-18-12-8-6-7-9-13(12)19-15/h6-9,11,14,20H,5,10H2,1-4H3. The molecular weight excluding hydrogens is 310 g/mol. The number of carbonyl (C=O) groups excluding carboxylic acids is 1. The highest BCUT2D eigenvalue weighted by Crippen LogP contribution is 2.26. The van der Waals surface area contributed by atoms with Gasteiger partial charge in [0.15, 0.2) is 0 Å². The number of nitrogens with one attached hydrogen (secondary N) is 1. The summed E-state index contributed by atoms with van der Waals surface area (Å²) in [5.74, 6) is -0.241. The Balaban J connectivity index is 2.23. The van der Waals surface area contributed by atoms with Gasteiger partial charge >= 0.3 is 5.97 Å². The van der Waals surface area contributed by atoms with Gasteiger partial charge in [0.25, 0.3) is 0 Å². The molecule has 0 saturated carbocycles. The Kier molecular flexibility index (Phi) is 5.96. The van der Waals surface area contributed by atoms with E-state index in [2.05, 4.69) is 35.5 Å². The molecule has 1 aromatic heterocycles. The molecule has 0 fully saturated rings. The molecule has 23 heavy (non-hydrogen) atoms. The average Bonchev–Trinajstić information content (AvgIpc) is 2.50. The van der Waals surface area contributed by atoms with Gasteiger partial charge in [-0.2, -0.15) is 0 Å². The molecule has 1 aromatic carbocycles. The third-order valence-corrected chi connectivity index (χ3v) is 4.02. The molecule has 0 aliphatic heterocycles. The summed E-state index contributed by atoms with van der Waals surface area (Å²) in [7, 11) is 0. The summed E-state index contributed by atoms with van der Waals surface area (Å²) < 4.78 is 8.45. The van der Waals surface area contributed by atoms with Crippen LogP contribution < -0.4 is 4.72 Å². The molecule has 124 valence electrons. The minimum absolute atomic E-state index is 0.0250. The van der Waals surface area contributed by atoms with Crippen LogP contribution in [0.4, 0.5) is 0 Å². The first-order valence-electron chi connectivity index (χ1n) is 7.70. The van der Waals surface area contributed by atoms with E-state index in [-0.39, 0.29) is 23.2 Å². The van der Waals surface area contributed by atoms with Gasteiger partial charge in [0.05, 0.1) is 42.0 Å². The molecule has 0 aliphatic carbocycles. The van der Waals surface area contributed by atoms with Crippen molar-refractivity contribution in [3.8, 4) is 0 Å². The van der Waals surface area contributed by atoms with Gasteiger partial charge < -0.3 is 4.74 Å². The van der Waals surface area contributed by atoms with Crippen molar-refractivity contribution in [2.75, 3.05) is 6.61 Å². The number of nitrogens with zero attached hydrogens (tertiary/aromatic N) is 2. The van der Waals surface area contributed by atoms with Gasteiger partial charge in [-0.15, -0.1) is 0 Å². The van der Waals surface area contributed by atoms with Gasteiger partial charge in [-0.1, -0.05) is 24.1 Å². The van der Waals surface area contributed by atoms with Gasteiger partial charge in [-0.3, -0.25) is 14.5 Å². The highest BCUT2D eigenvalue weighted by molar-refractivity contribution is 7.98. The molecule has 0 saturated heterocycles. The molecule has 0 radical (unpaired) electrons. The van der Waals surface area contributed by atoms with Crippen molar-refractivity contribution in [1.82, 2.24) is 14.7 Å². The molecule has 6 heteroatoms. The molecule has 2 rings (SSSR count). The van der Waals surface area contributed by atoms with Crippen molar-refractivity contribution in [2.45, 2.75) is 44.9 Å². The summed E-state index contributed by atoms with van der Waals surface area (Å²) in [6.07, 6.45) is 1.95. The Morgan fingerprint density at radius 2 is 2.00 bits per heavy atom. The Hall–Kier alpha value is -1.66. The lowest BCUT2D eigenvalue weighted by atomic mass is 10.1. The van der Waals surface area contributed by atoms with E-state index in [9.17, 15) is 4.79 Å². The van der Waals surface area contributed by atoms with Crippen LogP contribution in [0, 0.1) is 0 Å². The second-order valence-electron chi connectivity index (χ2n) is 6.18. The van der Waals surface area contributed by atoms with Crippen molar-refractivity contribution in [2.24, 2.45) is 0 Å². The van der Waals surface area contributed by atoms with Crippen LogP contribution in [0.1, 0.15) is 45.9 Å². The largest absolute Gasteiger partial charge is 0.466 e. The normalized spacial score (nSPS) is 13.0. The number of esters is 1. The number of hydrogen-bond acceptors (Lipinski definition) is 6. The van der Waals surface area contributed by atoms with E-state index in [1.807, 2.05) is 24.3 Å². The lowest BCUT2D eigenvalue weighted by molar-refractivity contribution is -0.143. The van der Waals surface area contributed by atoms with Crippen LogP contribution in [0.3, 0.4) is 0 Å². The Labute approximate surface area is 141 Å². The molecule has 5 nitrogen and oxygen atoms in total. The number of aromatic nitrogens is 2. The van der Waals surface area contributed by atoms with Gasteiger partial charge in [-0.25, -0.2) is 4.98 Å². The SMILES string of the molecule is CCOC(=O)CC(NSC(C)(C)C)c1cnc2ccccc2n1. The fourth-order valence-corrected chi connectivity index (χ4v) is 2.68. The van der Waals surface area contributed by atoms with E-state index in [0.29, 0.717) is 6.61 Å². The maximum absolute atomic E-state index is 11.9. The predicted molar refractivity (Wildman–Crippen MR) is 94.0 cm³/mol. The minimum atomic E-state index is -0.241. The Morgan fingerprint density at radius 3 is 2.65 bits per heavy atom. The second kappa shape index (κ2) is 7.75. The Morgan fingerprint density at radius 1 is 1.30 bits per heavy atom. The highest BCUT2D eigenvalue weighted by Gasteiger charge is 2.22. The lowest BCUT2D eigenvalue weighted by Crippen LogP contribution is -2.25. The number of fused-ring (bicyclic) bond motifs is 1. The van der Waals surface area contributed by atoms with Gasteiger partial charge in [-0.05, 0) is 39.8 Å². The first-order valence-corrected chi connectivity index (χ1v) is 8.51. The first kappa shape index (κ1) is 17.7. The van der Waals surface area contributed by atoms with Gasteiger partial charge in [0.1, 0.15) is 0 Å². The topological polar surface area (TPSA) is 64.1 Å². The van der Waals surface area contributed by atoms with Crippen LogP contribution >= 0.6 is 11.9 Å². The maximum atomic E-state index is 11.9. The minimum Gasteiger partial charge on any atom is -0.466 e. The molecule has 1 unspecified atom stereocenters. The summed E-state index contributed by atoms with van der Waals surface area (Å²) in [5.41, 5.74) is 2.41. The van der Waals surface area contributed by atoms with Gasteiger partial charge in [0.2, 0.25) is 0 Å². The zero-order chi connectivity index (χ0) is 16.9. The van der Waals surface area contributed by atoms with Crippen LogP contribution in [-0.2, 0) is 9.53 Å². The van der Waals surface area contributed by atoms with Gasteiger partial charge in [0, 0.05) is 4.75 Å². The van der Waals surface area contributed by atoms with Crippen molar-refractivity contribution in [1.29, 1.82) is 0 Å². The van der Waals surface area contributed by atoms with Crippen LogP contribution in [-0.4, -0.2) is 27.3 Å². The molecule has 0 spiro atoms. The second-order valence-corrected chi connectivity index (χ2v) is 7.84. The summed E-state index contributed by atoms with van der Waals surface area (Å²) >= 11 is 1.58. The van der Waals surface area contributed by atoms with E-state index in [4.69, 9.17) is 4.74 Å². The number of rotatable bonds is 6. The Bertz CT molecular complexity index is 670. The van der Waals surface area contributed by atoms with Crippen molar-refractivity contribution < 1.29 is 9.53 Å². The monoisotopic (exact) mass is 333 g/mol. The predicted octanol–water partition coefficient (Wildman–Crippen LogP) is 3.66. The van der Waals surface area contributed by atoms with Crippen LogP contribution in [0.5, 0.6) is 0 Å². The molecule has 0 aliphatic rings. The highest BCUT2D eigenvalue weighted by atomic mass is 32.2. The maximum Gasteiger partial charge on any atom is 0.307 e. The number of benzene rings is 1. The van der Waals surface area contributed by atoms with Crippen LogP contribution in [0.2, 0.25) is 0 Å². The average molecular weight is 333 g/mol. The van der Waals surface area contributed by atoms with Crippen molar-refractivity contribution in [3.05, 3.63) is 36.2 Å². The smallest absolute Gasteiger partial charge is 0.307 e. The fourth-order valence-electron chi connectivity index (χ4n) is 1.98. The molecule has 2 aromatic rings. The van der Waals surface area contributed by atoms with E-state index in [1.54, 1.807) is 25.1 Å². The molecule has 0 amide bonds. The third-order valence-electron chi connectivity index (χ3n) is 3.01. The zero-order valence-electron chi connectivity index (χ0n) is 14.0. The van der Waals surface area contributed by atoms with E-state index < -0.39 is 0 Å². The number of para-hydroxylation sites is 2. The molecular formula is C17H23N3O2S. The number of ether oxygens (including phenoxy) is 1. The summed E-state index contributed by atoms with van der Waals surface area (Å²) in [6, 6.07) is 7.46. The summed E-state index contributed by atoms with van der Waals surface area (Å²) in [6.45, 7) is 8.51. The quantitative estimate of drug-likeness (QED) is 0.643. The van der Waals surface area contributed by atoms with Crippen molar-refractivity contribution >= 4 is 29.0 Å². The molecule has 0 bridgehead atoms. The molecule has 1 N–H and O–H groups in total. The fraction of sp³-hybridized carbons (Fsp3) is 0.471. The number of carbonyl (C=O) groups is 1. The van der Waals surface area contributed by atoms with E-state index in [0.717, 1.165) is 16.7 Å². The van der Waals surface area contributed by atoms with Crippen LogP contribution in [0.25, 0.3) is 11.0 Å². The number of hydrogen-bond donors (Lipinski definition) is 1. The van der Waals surface area contributed by atoms with E-state index in [1.165, 1.54) is 0 Å². The first-order chi connectivity index (χ1) is 10.9. The van der Waals surface area contributed by atoms with Crippen LogP contribution in [0.15, 0.2) is 30.5 Å². The third kappa shape index (κ3) is 5.48. The van der Waals surface area contributed by atoms with Crippen molar-refractivity contribution in [3.63, 3.8) is 0 Å².